The molecule has 0 aliphatic heterocycles. The molecule has 0 saturated carbocycles. The summed E-state index contributed by atoms with van der Waals surface area (Å²) in [5.41, 5.74) is 1.17. The lowest BCUT2D eigenvalue weighted by atomic mass is 9.74. The summed E-state index contributed by atoms with van der Waals surface area (Å²) in [5.74, 6) is 0.00838. The predicted molar refractivity (Wildman–Crippen MR) is 126 cm³/mol. The summed E-state index contributed by atoms with van der Waals surface area (Å²) in [6.45, 7) is 3.80. The van der Waals surface area contributed by atoms with Gasteiger partial charge in [-0.2, -0.15) is 0 Å². The first kappa shape index (κ1) is 21.6. The molecule has 2 unspecified atom stereocenters. The van der Waals surface area contributed by atoms with Crippen molar-refractivity contribution in [2.24, 2.45) is 10.8 Å². The Hall–Kier alpha value is -3.59. The van der Waals surface area contributed by atoms with Gasteiger partial charge in [0.2, 0.25) is 0 Å². The Morgan fingerprint density at radius 2 is 1.00 bits per heavy atom. The van der Waals surface area contributed by atoms with Gasteiger partial charge in [-0.25, -0.2) is 0 Å². The van der Waals surface area contributed by atoms with Gasteiger partial charge in [0.05, 0.1) is 10.8 Å². The molecule has 160 valence electrons. The zero-order valence-electron chi connectivity index (χ0n) is 18.4. The summed E-state index contributed by atoms with van der Waals surface area (Å²) in [5, 5.41) is 0. The third-order valence-electron chi connectivity index (χ3n) is 6.39. The van der Waals surface area contributed by atoms with Crippen LogP contribution in [-0.4, -0.2) is 17.3 Å². The molecule has 0 amide bonds. The minimum absolute atomic E-state index is 0.0454. The highest BCUT2D eigenvalue weighted by Gasteiger charge is 2.35. The smallest absolute Gasteiger partial charge is 0.192 e. The topological polar surface area (TPSA) is 51.2 Å². The molecule has 0 N–H and O–H groups in total. The van der Waals surface area contributed by atoms with Crippen LogP contribution >= 0.6 is 0 Å². The highest BCUT2D eigenvalue weighted by molar-refractivity contribution is 6.13. The second-order valence-electron chi connectivity index (χ2n) is 8.95. The van der Waals surface area contributed by atoms with Crippen LogP contribution in [0.5, 0.6) is 0 Å². The van der Waals surface area contributed by atoms with Crippen molar-refractivity contribution in [3.63, 3.8) is 0 Å². The van der Waals surface area contributed by atoms with Crippen molar-refractivity contribution in [2.45, 2.75) is 26.7 Å². The average molecular weight is 423 g/mol. The van der Waals surface area contributed by atoms with E-state index in [1.807, 2.05) is 98.8 Å². The number of benzene rings is 2. The molecule has 4 rings (SSSR count). The molecule has 2 aromatic carbocycles. The van der Waals surface area contributed by atoms with Crippen molar-refractivity contribution < 1.29 is 14.4 Å². The van der Waals surface area contributed by atoms with Crippen LogP contribution in [0.3, 0.4) is 0 Å². The van der Waals surface area contributed by atoms with Gasteiger partial charge in [-0.1, -0.05) is 97.1 Å². The first-order valence-electron chi connectivity index (χ1n) is 10.9. The van der Waals surface area contributed by atoms with Crippen LogP contribution in [-0.2, 0) is 4.79 Å². The fourth-order valence-electron chi connectivity index (χ4n) is 4.14. The van der Waals surface area contributed by atoms with Crippen molar-refractivity contribution in [1.29, 1.82) is 0 Å². The van der Waals surface area contributed by atoms with E-state index in [-0.39, 0.29) is 17.3 Å². The lowest BCUT2D eigenvalue weighted by Crippen LogP contribution is -2.28. The molecule has 0 saturated heterocycles. The summed E-state index contributed by atoms with van der Waals surface area (Å²) >= 11 is 0. The number of rotatable bonds is 6. The maximum Gasteiger partial charge on any atom is 0.192 e. The van der Waals surface area contributed by atoms with Crippen molar-refractivity contribution in [1.82, 2.24) is 0 Å². The van der Waals surface area contributed by atoms with Crippen LogP contribution in [0.2, 0.25) is 0 Å². The quantitative estimate of drug-likeness (QED) is 0.528. The normalized spacial score (nSPS) is 24.4. The van der Waals surface area contributed by atoms with Gasteiger partial charge in [-0.3, -0.25) is 14.4 Å². The molecule has 0 spiro atoms. The molecule has 2 aliphatic rings. The monoisotopic (exact) mass is 422 g/mol. The number of carbonyl (C=O) groups excluding carboxylic acids is 3. The summed E-state index contributed by atoms with van der Waals surface area (Å²) in [6, 6.07) is 18.5. The minimum Gasteiger partial charge on any atom is -0.293 e. The summed E-state index contributed by atoms with van der Waals surface area (Å²) in [6.07, 6.45) is 11.8. The highest BCUT2D eigenvalue weighted by atomic mass is 16.1. The van der Waals surface area contributed by atoms with Gasteiger partial charge < -0.3 is 0 Å². The minimum atomic E-state index is -0.664. The zero-order valence-corrected chi connectivity index (χ0v) is 18.4. The Labute approximate surface area is 188 Å². The van der Waals surface area contributed by atoms with Gasteiger partial charge in [-0.05, 0) is 26.7 Å². The molecular formula is C29H26O3. The molecule has 3 heteroatoms. The van der Waals surface area contributed by atoms with Crippen LogP contribution in [0.1, 0.15) is 47.4 Å². The van der Waals surface area contributed by atoms with Gasteiger partial charge >= 0.3 is 0 Å². The van der Waals surface area contributed by atoms with Crippen molar-refractivity contribution in [2.75, 3.05) is 0 Å². The second-order valence-corrected chi connectivity index (χ2v) is 8.95. The van der Waals surface area contributed by atoms with Gasteiger partial charge in [0, 0.05) is 22.3 Å². The standard InChI is InChI=1S/C29H26O3/c1-28(26(31)23-9-5-3-6-10-23)17-13-21(14-18-28)25(30)22-15-19-29(2,20-16-22)27(32)24-11-7-4-8-12-24/h3-17,19H,18,20H2,1-2H3. The van der Waals surface area contributed by atoms with Crippen molar-refractivity contribution in [3.8, 4) is 0 Å². The van der Waals surface area contributed by atoms with E-state index in [9.17, 15) is 14.4 Å². The van der Waals surface area contributed by atoms with Gasteiger partial charge in [-0.15, -0.1) is 0 Å². The first-order valence-corrected chi connectivity index (χ1v) is 10.9. The van der Waals surface area contributed by atoms with E-state index >= 15 is 0 Å². The number of Topliss-reactive ketones (excluding diaryl/α,β-unsaturated/α-hetero) is 3. The van der Waals surface area contributed by atoms with Gasteiger partial charge in [0.25, 0.3) is 0 Å². The average Bonchev–Trinajstić information content (AvgIpc) is 2.84. The van der Waals surface area contributed by atoms with Crippen molar-refractivity contribution >= 4 is 17.3 Å². The van der Waals surface area contributed by atoms with E-state index < -0.39 is 10.8 Å². The van der Waals surface area contributed by atoms with E-state index in [0.29, 0.717) is 35.1 Å². The number of hydrogen-bond donors (Lipinski definition) is 0. The third-order valence-corrected chi connectivity index (χ3v) is 6.39. The number of carbonyl (C=O) groups is 3. The summed E-state index contributed by atoms with van der Waals surface area (Å²) < 4.78 is 0. The second kappa shape index (κ2) is 8.51. The van der Waals surface area contributed by atoms with E-state index in [1.54, 1.807) is 12.2 Å². The molecule has 2 aliphatic carbocycles. The summed E-state index contributed by atoms with van der Waals surface area (Å²) in [7, 11) is 0. The van der Waals surface area contributed by atoms with Crippen LogP contribution in [0, 0.1) is 10.8 Å². The molecular weight excluding hydrogens is 396 g/mol. The van der Waals surface area contributed by atoms with Gasteiger partial charge in [0.1, 0.15) is 0 Å². The van der Waals surface area contributed by atoms with E-state index in [4.69, 9.17) is 0 Å². The Morgan fingerprint density at radius 1 is 0.625 bits per heavy atom. The Morgan fingerprint density at radius 3 is 1.31 bits per heavy atom. The third kappa shape index (κ3) is 4.11. The molecule has 0 heterocycles. The van der Waals surface area contributed by atoms with Crippen LogP contribution in [0.15, 0.2) is 108 Å². The largest absolute Gasteiger partial charge is 0.293 e. The fraction of sp³-hybridized carbons (Fsp3) is 0.207. The van der Waals surface area contributed by atoms with E-state index in [1.165, 1.54) is 0 Å². The summed E-state index contributed by atoms with van der Waals surface area (Å²) in [4.78, 5) is 38.9. The molecule has 2 aromatic rings. The van der Waals surface area contributed by atoms with Crippen molar-refractivity contribution in [3.05, 3.63) is 119 Å². The maximum absolute atomic E-state index is 13.0. The maximum atomic E-state index is 13.0. The molecule has 0 aromatic heterocycles. The van der Waals surface area contributed by atoms with Crippen LogP contribution in [0.4, 0.5) is 0 Å². The Bertz CT molecular complexity index is 1090. The molecule has 0 bridgehead atoms. The van der Waals surface area contributed by atoms with E-state index in [2.05, 4.69) is 0 Å². The fourth-order valence-corrected chi connectivity index (χ4v) is 4.14. The molecule has 0 radical (unpaired) electrons. The molecule has 3 nitrogen and oxygen atoms in total. The van der Waals surface area contributed by atoms with Crippen LogP contribution in [0.25, 0.3) is 0 Å². The molecule has 32 heavy (non-hydrogen) atoms. The number of hydrogen-bond acceptors (Lipinski definition) is 3. The number of ketones is 3. The SMILES string of the molecule is CC1(C(=O)c2ccccc2)C=CC(C(=O)C2=CCC(C)(C(=O)c3ccccc3)C=C2)=CC1. The lowest BCUT2D eigenvalue weighted by Gasteiger charge is -2.28. The Balaban J connectivity index is 1.45. The first-order chi connectivity index (χ1) is 15.3. The lowest BCUT2D eigenvalue weighted by molar-refractivity contribution is -0.111. The molecule has 2 atom stereocenters. The predicted octanol–water partition coefficient (Wildman–Crippen LogP) is 6.11. The van der Waals surface area contributed by atoms with Gasteiger partial charge in [0.15, 0.2) is 17.3 Å². The Kier molecular flexibility index (Phi) is 5.75. The van der Waals surface area contributed by atoms with Crippen LogP contribution < -0.4 is 0 Å². The van der Waals surface area contributed by atoms with E-state index in [0.717, 1.165) is 0 Å². The zero-order chi connectivity index (χ0) is 22.8. The highest BCUT2D eigenvalue weighted by Crippen LogP contribution is 2.36. The number of allylic oxidation sites excluding steroid dienone is 8. The molecule has 0 fully saturated rings.